The summed E-state index contributed by atoms with van der Waals surface area (Å²) in [6.07, 6.45) is 5.17. The fourth-order valence-electron chi connectivity index (χ4n) is 4.32. The first-order valence-corrected chi connectivity index (χ1v) is 11.7. The Bertz CT molecular complexity index is 1420. The number of nitrogens with zero attached hydrogens (tertiary/aromatic N) is 6. The zero-order chi connectivity index (χ0) is 24.4. The van der Waals surface area contributed by atoms with Crippen LogP contribution in [0.5, 0.6) is 5.88 Å². The lowest BCUT2D eigenvalue weighted by molar-refractivity contribution is 0.156. The van der Waals surface area contributed by atoms with E-state index in [1.807, 2.05) is 44.2 Å². The number of hydrogen-bond acceptors (Lipinski definition) is 8. The molecule has 0 aromatic carbocycles. The average Bonchev–Trinajstić information content (AvgIpc) is 3.10. The maximum Gasteiger partial charge on any atom is 0.278 e. The van der Waals surface area contributed by atoms with Crippen molar-refractivity contribution >= 4 is 22.7 Å². The molecule has 1 aliphatic rings. The Balaban J connectivity index is 1.57. The molecule has 180 valence electrons. The second-order valence-electron chi connectivity index (χ2n) is 8.58. The molecule has 0 unspecified atom stereocenters. The Morgan fingerprint density at radius 2 is 1.94 bits per heavy atom. The molecule has 1 fully saturated rings. The van der Waals surface area contributed by atoms with Crippen molar-refractivity contribution in [3.8, 4) is 11.7 Å². The molecule has 0 atom stereocenters. The Morgan fingerprint density at radius 3 is 2.69 bits per heavy atom. The van der Waals surface area contributed by atoms with Gasteiger partial charge in [0.2, 0.25) is 11.8 Å². The maximum atomic E-state index is 13.2. The van der Waals surface area contributed by atoms with Crippen molar-refractivity contribution in [2.45, 2.75) is 39.3 Å². The van der Waals surface area contributed by atoms with Crippen molar-refractivity contribution in [1.82, 2.24) is 34.6 Å². The summed E-state index contributed by atoms with van der Waals surface area (Å²) in [6.45, 7) is 9.81. The summed E-state index contributed by atoms with van der Waals surface area (Å²) in [5, 5.41) is 6.95. The van der Waals surface area contributed by atoms with Crippen LogP contribution in [0.15, 0.2) is 54.0 Å². The topological polar surface area (TPSA) is 112 Å². The molecule has 1 aliphatic heterocycles. The van der Waals surface area contributed by atoms with Crippen LogP contribution in [0, 0.1) is 13.8 Å². The van der Waals surface area contributed by atoms with E-state index >= 15 is 0 Å². The van der Waals surface area contributed by atoms with Crippen LogP contribution in [-0.4, -0.2) is 48.5 Å². The van der Waals surface area contributed by atoms with Crippen LogP contribution in [0.3, 0.4) is 0 Å². The van der Waals surface area contributed by atoms with Crippen molar-refractivity contribution < 1.29 is 4.74 Å². The third kappa shape index (κ3) is 4.78. The quantitative estimate of drug-likeness (QED) is 0.395. The number of ether oxygens (including phenoxy) is 1. The van der Waals surface area contributed by atoms with Crippen molar-refractivity contribution in [2.75, 3.05) is 18.4 Å². The highest BCUT2D eigenvalue weighted by atomic mass is 16.5. The number of anilines is 2. The summed E-state index contributed by atoms with van der Waals surface area (Å²) >= 11 is 0. The molecule has 10 nitrogen and oxygen atoms in total. The van der Waals surface area contributed by atoms with Gasteiger partial charge in [-0.05, 0) is 58.0 Å². The molecule has 5 rings (SSSR count). The number of fused-ring (bicyclic) bond motifs is 1. The van der Waals surface area contributed by atoms with Crippen LogP contribution in [0.25, 0.3) is 16.9 Å². The number of piperidine rings is 1. The molecule has 0 aliphatic carbocycles. The van der Waals surface area contributed by atoms with E-state index in [1.165, 1.54) is 0 Å². The molecule has 0 radical (unpaired) electrons. The van der Waals surface area contributed by atoms with Gasteiger partial charge in [-0.3, -0.25) is 9.78 Å². The van der Waals surface area contributed by atoms with Gasteiger partial charge in [0.1, 0.15) is 11.5 Å². The van der Waals surface area contributed by atoms with Gasteiger partial charge in [-0.1, -0.05) is 12.1 Å². The molecule has 5 heterocycles. The van der Waals surface area contributed by atoms with Crippen LogP contribution in [0.2, 0.25) is 0 Å². The minimum atomic E-state index is -0.214. The number of pyridine rings is 2. The molecule has 4 aromatic rings. The third-order valence-electron chi connectivity index (χ3n) is 5.81. The summed E-state index contributed by atoms with van der Waals surface area (Å²) in [6, 6.07) is 9.37. The number of rotatable bonds is 7. The summed E-state index contributed by atoms with van der Waals surface area (Å²) in [4.78, 5) is 31.4. The van der Waals surface area contributed by atoms with E-state index in [2.05, 4.69) is 27.2 Å². The molecule has 10 heteroatoms. The molecule has 1 saturated heterocycles. The zero-order valence-electron chi connectivity index (χ0n) is 19.9. The van der Waals surface area contributed by atoms with Crippen molar-refractivity contribution in [1.29, 1.82) is 0 Å². The Labute approximate surface area is 202 Å². The van der Waals surface area contributed by atoms with Gasteiger partial charge < -0.3 is 15.4 Å². The van der Waals surface area contributed by atoms with Gasteiger partial charge in [0.25, 0.3) is 5.56 Å². The van der Waals surface area contributed by atoms with Crippen LogP contribution >= 0.6 is 0 Å². The third-order valence-corrected chi connectivity index (χ3v) is 5.81. The highest BCUT2D eigenvalue weighted by molar-refractivity contribution is 5.77. The molecule has 0 saturated carbocycles. The van der Waals surface area contributed by atoms with Crippen LogP contribution in [0.1, 0.15) is 24.2 Å². The maximum absolute atomic E-state index is 13.2. The van der Waals surface area contributed by atoms with E-state index in [-0.39, 0.29) is 11.7 Å². The molecular formula is C25H28N8O2. The highest BCUT2D eigenvalue weighted by Crippen LogP contribution is 2.21. The number of allylic oxidation sites excluding steroid dienone is 1. The van der Waals surface area contributed by atoms with E-state index in [9.17, 15) is 4.79 Å². The summed E-state index contributed by atoms with van der Waals surface area (Å²) < 4.78 is 9.39. The van der Waals surface area contributed by atoms with Gasteiger partial charge in [-0.15, -0.1) is 6.58 Å². The molecule has 0 amide bonds. The Morgan fingerprint density at radius 1 is 1.17 bits per heavy atom. The van der Waals surface area contributed by atoms with Gasteiger partial charge in [0.05, 0.1) is 6.54 Å². The van der Waals surface area contributed by atoms with E-state index < -0.39 is 0 Å². The molecule has 4 aromatic heterocycles. The SMILES string of the molecule is C=CCn1c(=O)c2cnc(Nc3cc(C)nc(C)c3)nc2n1-c1cccc(OC2CCNCC2)n1. The lowest BCUT2D eigenvalue weighted by Gasteiger charge is -2.23. The van der Waals surface area contributed by atoms with Crippen LogP contribution in [-0.2, 0) is 6.54 Å². The van der Waals surface area contributed by atoms with Gasteiger partial charge in [0.15, 0.2) is 11.5 Å². The van der Waals surface area contributed by atoms with Crippen molar-refractivity contribution in [2.24, 2.45) is 0 Å². The molecule has 0 bridgehead atoms. The van der Waals surface area contributed by atoms with Crippen LogP contribution in [0.4, 0.5) is 11.6 Å². The van der Waals surface area contributed by atoms with Gasteiger partial charge in [-0.2, -0.15) is 9.97 Å². The summed E-state index contributed by atoms with van der Waals surface area (Å²) in [7, 11) is 0. The van der Waals surface area contributed by atoms with Crippen LogP contribution < -0.4 is 20.9 Å². The minimum Gasteiger partial charge on any atom is -0.474 e. The molecule has 0 spiro atoms. The lowest BCUT2D eigenvalue weighted by atomic mass is 10.1. The minimum absolute atomic E-state index is 0.112. The summed E-state index contributed by atoms with van der Waals surface area (Å²) in [5.74, 6) is 1.42. The average molecular weight is 473 g/mol. The normalized spacial score (nSPS) is 14.2. The monoisotopic (exact) mass is 472 g/mol. The zero-order valence-corrected chi connectivity index (χ0v) is 19.9. The van der Waals surface area contributed by atoms with Gasteiger partial charge in [-0.25, -0.2) is 14.3 Å². The van der Waals surface area contributed by atoms with E-state index in [0.717, 1.165) is 43.0 Å². The first-order chi connectivity index (χ1) is 17.0. The van der Waals surface area contributed by atoms with Crippen molar-refractivity contribution in [3.05, 3.63) is 70.9 Å². The summed E-state index contributed by atoms with van der Waals surface area (Å²) in [5.41, 5.74) is 2.83. The fraction of sp³-hybridized carbons (Fsp3) is 0.320. The fourth-order valence-corrected chi connectivity index (χ4v) is 4.32. The largest absolute Gasteiger partial charge is 0.474 e. The van der Waals surface area contributed by atoms with E-state index in [1.54, 1.807) is 21.6 Å². The second kappa shape index (κ2) is 9.67. The number of aromatic nitrogens is 6. The molecular weight excluding hydrogens is 444 g/mol. The van der Waals surface area contributed by atoms with Gasteiger partial charge >= 0.3 is 0 Å². The Kier molecular flexibility index (Phi) is 6.28. The standard InChI is InChI=1S/C25H28N8O2/c1-4-12-32-24(34)20-15-27-25(29-18-13-16(2)28-17(3)14-18)31-23(20)33(32)21-6-5-7-22(30-21)35-19-8-10-26-11-9-19/h4-7,13-15,19,26H,1,8-12H2,2-3H3,(H,27,28,29,31). The van der Waals surface area contributed by atoms with Gasteiger partial charge in [0, 0.05) is 29.3 Å². The number of hydrogen-bond donors (Lipinski definition) is 2. The first kappa shape index (κ1) is 22.7. The number of aryl methyl sites for hydroxylation is 2. The predicted molar refractivity (Wildman–Crippen MR) is 135 cm³/mol. The van der Waals surface area contributed by atoms with E-state index in [0.29, 0.717) is 35.2 Å². The number of nitrogens with one attached hydrogen (secondary N) is 2. The first-order valence-electron chi connectivity index (χ1n) is 11.7. The second-order valence-corrected chi connectivity index (χ2v) is 8.58. The lowest BCUT2D eigenvalue weighted by Crippen LogP contribution is -2.34. The molecule has 2 N–H and O–H groups in total. The molecule has 35 heavy (non-hydrogen) atoms. The Hall–Kier alpha value is -4.05. The smallest absolute Gasteiger partial charge is 0.278 e. The van der Waals surface area contributed by atoms with Crippen molar-refractivity contribution in [3.63, 3.8) is 0 Å². The predicted octanol–water partition coefficient (Wildman–Crippen LogP) is 3.05. The van der Waals surface area contributed by atoms with E-state index in [4.69, 9.17) is 14.7 Å². The highest BCUT2D eigenvalue weighted by Gasteiger charge is 2.20.